The summed E-state index contributed by atoms with van der Waals surface area (Å²) in [7, 11) is -3.74. The Hall–Kier alpha value is -2.59. The first kappa shape index (κ1) is 20.2. The normalized spacial score (nSPS) is 11.8. The predicted molar refractivity (Wildman–Crippen MR) is 117 cm³/mol. The van der Waals surface area contributed by atoms with E-state index in [-0.39, 0.29) is 4.90 Å². The van der Waals surface area contributed by atoms with Crippen LogP contribution in [0.4, 0.5) is 11.4 Å². The second-order valence-corrected chi connectivity index (χ2v) is 9.36. The second kappa shape index (κ2) is 8.19. The molecule has 0 aliphatic carbocycles. The summed E-state index contributed by atoms with van der Waals surface area (Å²) in [5.74, 6) is 0.775. The maximum Gasteiger partial charge on any atom is 0.268 e. The average Bonchev–Trinajstić information content (AvgIpc) is 2.69. The number of anilines is 2. The van der Waals surface area contributed by atoms with E-state index in [9.17, 15) is 8.42 Å². The highest BCUT2D eigenvalue weighted by atomic mass is 32.2. The first-order chi connectivity index (χ1) is 13.3. The molecule has 3 rings (SSSR count). The van der Waals surface area contributed by atoms with E-state index in [1.807, 2.05) is 54.6 Å². The van der Waals surface area contributed by atoms with Gasteiger partial charge in [0, 0.05) is 0 Å². The molecule has 0 aliphatic rings. The average molecular weight is 394 g/mol. The molecule has 0 spiro atoms. The van der Waals surface area contributed by atoms with Crippen molar-refractivity contribution in [1.82, 2.24) is 0 Å². The summed E-state index contributed by atoms with van der Waals surface area (Å²) in [6.45, 7) is 8.49. The van der Waals surface area contributed by atoms with Gasteiger partial charge in [0.2, 0.25) is 0 Å². The van der Waals surface area contributed by atoms with Crippen LogP contribution in [0.5, 0.6) is 0 Å². The number of hydrogen-bond donors (Lipinski definition) is 0. The molecule has 0 aliphatic heterocycles. The first-order valence-electron chi connectivity index (χ1n) is 9.61. The van der Waals surface area contributed by atoms with Crippen LogP contribution in [0.15, 0.2) is 83.8 Å². The predicted octanol–water partition coefficient (Wildman–Crippen LogP) is 6.46. The molecule has 0 atom stereocenters. The highest BCUT2D eigenvalue weighted by Crippen LogP contribution is 2.34. The van der Waals surface area contributed by atoms with Crippen molar-refractivity contribution in [3.63, 3.8) is 0 Å². The summed E-state index contributed by atoms with van der Waals surface area (Å²) in [4.78, 5) is 0.274. The van der Waals surface area contributed by atoms with Gasteiger partial charge in [-0.2, -0.15) is 0 Å². The van der Waals surface area contributed by atoms with Crippen LogP contribution < -0.4 is 4.31 Å². The van der Waals surface area contributed by atoms with E-state index in [0.29, 0.717) is 23.2 Å². The van der Waals surface area contributed by atoms with Crippen molar-refractivity contribution in [2.75, 3.05) is 4.31 Å². The van der Waals surface area contributed by atoms with Crippen LogP contribution in [0.2, 0.25) is 0 Å². The van der Waals surface area contributed by atoms with Crippen LogP contribution in [-0.4, -0.2) is 8.42 Å². The molecule has 0 fully saturated rings. The Morgan fingerprint density at radius 1 is 0.607 bits per heavy atom. The fourth-order valence-electron chi connectivity index (χ4n) is 3.11. The smallest absolute Gasteiger partial charge is 0.235 e. The van der Waals surface area contributed by atoms with Crippen molar-refractivity contribution in [2.45, 2.75) is 44.4 Å². The molecule has 0 N–H and O–H groups in total. The van der Waals surface area contributed by atoms with Gasteiger partial charge in [0.1, 0.15) is 0 Å². The molecule has 0 radical (unpaired) electrons. The van der Waals surface area contributed by atoms with Gasteiger partial charge in [-0.3, -0.25) is 0 Å². The van der Waals surface area contributed by atoms with Gasteiger partial charge in [0.25, 0.3) is 10.0 Å². The molecule has 4 heteroatoms. The van der Waals surface area contributed by atoms with Crippen molar-refractivity contribution in [3.05, 3.63) is 90.0 Å². The van der Waals surface area contributed by atoms with Crippen LogP contribution in [0.3, 0.4) is 0 Å². The maximum absolute atomic E-state index is 13.5. The van der Waals surface area contributed by atoms with Gasteiger partial charge in [0.15, 0.2) is 0 Å². The molecule has 0 heterocycles. The van der Waals surface area contributed by atoms with Gasteiger partial charge in [-0.1, -0.05) is 70.2 Å². The molecule has 28 heavy (non-hydrogen) atoms. The zero-order valence-corrected chi connectivity index (χ0v) is 17.6. The summed E-state index contributed by atoms with van der Waals surface area (Å²) in [6.07, 6.45) is 0. The first-order valence-corrected chi connectivity index (χ1v) is 11.0. The van der Waals surface area contributed by atoms with Gasteiger partial charge in [-0.25, -0.2) is 12.7 Å². The topological polar surface area (TPSA) is 37.4 Å². The maximum atomic E-state index is 13.5. The minimum Gasteiger partial charge on any atom is -0.235 e. The molecule has 0 amide bonds. The Bertz CT molecular complexity index is 955. The lowest BCUT2D eigenvalue weighted by atomic mass is 10.0. The van der Waals surface area contributed by atoms with Crippen molar-refractivity contribution in [3.8, 4) is 0 Å². The van der Waals surface area contributed by atoms with Crippen LogP contribution in [0.25, 0.3) is 0 Å². The number of benzene rings is 3. The van der Waals surface area contributed by atoms with E-state index in [2.05, 4.69) is 27.7 Å². The fraction of sp³-hybridized carbons (Fsp3) is 0.250. The van der Waals surface area contributed by atoms with Crippen LogP contribution in [0.1, 0.15) is 50.7 Å². The van der Waals surface area contributed by atoms with E-state index >= 15 is 0 Å². The third-order valence-corrected chi connectivity index (χ3v) is 6.64. The van der Waals surface area contributed by atoms with E-state index in [1.165, 1.54) is 15.4 Å². The molecule has 0 unspecified atom stereocenters. The number of hydrogen-bond acceptors (Lipinski definition) is 2. The quantitative estimate of drug-likeness (QED) is 0.482. The fourth-order valence-corrected chi connectivity index (χ4v) is 4.62. The van der Waals surface area contributed by atoms with Gasteiger partial charge < -0.3 is 0 Å². The van der Waals surface area contributed by atoms with Crippen molar-refractivity contribution >= 4 is 21.4 Å². The third kappa shape index (κ3) is 4.12. The van der Waals surface area contributed by atoms with Gasteiger partial charge in [-0.15, -0.1) is 0 Å². The van der Waals surface area contributed by atoms with Gasteiger partial charge >= 0.3 is 0 Å². The SMILES string of the molecule is CC(C)c1ccc(N(c2ccc(C(C)C)cc2)S(=O)(=O)c2ccccc2)cc1. The van der Waals surface area contributed by atoms with Crippen LogP contribution >= 0.6 is 0 Å². The summed E-state index contributed by atoms with van der Waals surface area (Å²) in [5, 5.41) is 0. The summed E-state index contributed by atoms with van der Waals surface area (Å²) >= 11 is 0. The number of nitrogens with zero attached hydrogens (tertiary/aromatic N) is 1. The Kier molecular flexibility index (Phi) is 5.90. The molecule has 0 aromatic heterocycles. The summed E-state index contributed by atoms with van der Waals surface area (Å²) in [6, 6.07) is 24.1. The molecule has 3 nitrogen and oxygen atoms in total. The summed E-state index contributed by atoms with van der Waals surface area (Å²) in [5.41, 5.74) is 3.61. The van der Waals surface area contributed by atoms with Crippen LogP contribution in [-0.2, 0) is 10.0 Å². The largest absolute Gasteiger partial charge is 0.268 e. The third-order valence-electron chi connectivity index (χ3n) is 4.87. The van der Waals surface area contributed by atoms with E-state index in [1.54, 1.807) is 24.3 Å². The standard InChI is InChI=1S/C24H27NO2S/c1-18(2)20-10-14-22(15-11-20)25(23-16-12-21(13-17-23)19(3)4)28(26,27)24-8-6-5-7-9-24/h5-19H,1-4H3. The van der Waals surface area contributed by atoms with Crippen molar-refractivity contribution < 1.29 is 8.42 Å². The highest BCUT2D eigenvalue weighted by Gasteiger charge is 2.26. The molecule has 146 valence electrons. The molecular weight excluding hydrogens is 366 g/mol. The van der Waals surface area contributed by atoms with Crippen molar-refractivity contribution in [2.24, 2.45) is 0 Å². The lowest BCUT2D eigenvalue weighted by Crippen LogP contribution is -2.26. The Morgan fingerprint density at radius 3 is 1.36 bits per heavy atom. The second-order valence-electron chi connectivity index (χ2n) is 7.57. The molecule has 3 aromatic carbocycles. The monoisotopic (exact) mass is 393 g/mol. The lowest BCUT2D eigenvalue weighted by molar-refractivity contribution is 0.596. The van der Waals surface area contributed by atoms with Crippen molar-refractivity contribution in [1.29, 1.82) is 0 Å². The molecule has 0 saturated heterocycles. The number of rotatable bonds is 6. The Morgan fingerprint density at radius 2 is 1.00 bits per heavy atom. The Labute approximate surface area is 168 Å². The minimum absolute atomic E-state index is 0.274. The minimum atomic E-state index is -3.74. The molecular formula is C24H27NO2S. The van der Waals surface area contributed by atoms with Gasteiger partial charge in [0.05, 0.1) is 16.3 Å². The molecule has 0 bridgehead atoms. The Balaban J connectivity index is 2.13. The van der Waals surface area contributed by atoms with Crippen LogP contribution in [0, 0.1) is 0 Å². The zero-order valence-electron chi connectivity index (χ0n) is 16.8. The lowest BCUT2D eigenvalue weighted by Gasteiger charge is -2.25. The molecule has 3 aromatic rings. The summed E-state index contributed by atoms with van der Waals surface area (Å²) < 4.78 is 28.4. The zero-order chi connectivity index (χ0) is 20.3. The van der Waals surface area contributed by atoms with E-state index < -0.39 is 10.0 Å². The van der Waals surface area contributed by atoms with E-state index in [4.69, 9.17) is 0 Å². The van der Waals surface area contributed by atoms with E-state index in [0.717, 1.165) is 0 Å². The van der Waals surface area contributed by atoms with Gasteiger partial charge in [-0.05, 0) is 59.4 Å². The highest BCUT2D eigenvalue weighted by molar-refractivity contribution is 7.93. The number of sulfonamides is 1. The molecule has 0 saturated carbocycles.